The molecule has 0 aliphatic carbocycles. The maximum Gasteiger partial charge on any atom is 6.00 e. The third-order valence-corrected chi connectivity index (χ3v) is 0. The van der Waals surface area contributed by atoms with Crippen molar-refractivity contribution in [1.29, 1.82) is 0 Å². The van der Waals surface area contributed by atoms with E-state index in [9.17, 15) is 0 Å². The normalized spacial score (nSPS) is 2.53. The first-order valence-electron chi connectivity index (χ1n) is 2.40. The van der Waals surface area contributed by atoms with Gasteiger partial charge in [-0.15, -0.1) is 0 Å². The van der Waals surface area contributed by atoms with Crippen LogP contribution in [0.25, 0.3) is 95.8 Å². The quantitative estimate of drug-likeness (QED) is 0.240. The smallest absolute Gasteiger partial charge is 0.373 e. The molecule has 0 spiro atoms. The van der Waals surface area contributed by atoms with Gasteiger partial charge >= 0.3 is 31.1 Å². The summed E-state index contributed by atoms with van der Waals surface area (Å²) in [6.45, 7) is 0. The molecule has 0 aliphatic heterocycles. The molecular formula is N18U. The van der Waals surface area contributed by atoms with Crippen LogP contribution in [0.15, 0.2) is 0 Å². The van der Waals surface area contributed by atoms with Crippen molar-refractivity contribution in [2.45, 2.75) is 0 Å². The van der Waals surface area contributed by atoms with E-state index < -0.39 is 0 Å². The summed E-state index contributed by atoms with van der Waals surface area (Å²) in [6.07, 6.45) is 0. The van der Waals surface area contributed by atoms with Gasteiger partial charge < -0.3 is 66.4 Å². The van der Waals surface area contributed by atoms with Crippen LogP contribution in [0, 0.1) is 31.1 Å². The fraction of sp³-hybridized carbons (Fsp3) is 0. The standard InChI is InChI=1S/6N3.U/c6*1-3-2;/q6*-1;+6. The second-order valence-corrected chi connectivity index (χ2v) is 0.537. The summed E-state index contributed by atoms with van der Waals surface area (Å²) in [5, 5.41) is 0. The molecule has 19 heteroatoms. The molecule has 0 N–H and O–H groups in total. The Morgan fingerprint density at radius 2 is 0.263 bits per heavy atom. The van der Waals surface area contributed by atoms with Crippen molar-refractivity contribution < 1.29 is 31.1 Å². The Labute approximate surface area is 127 Å². The molecule has 0 aromatic rings. The van der Waals surface area contributed by atoms with E-state index >= 15 is 0 Å². The summed E-state index contributed by atoms with van der Waals surface area (Å²) < 4.78 is 0. The van der Waals surface area contributed by atoms with E-state index in [1.54, 1.807) is 0 Å². The van der Waals surface area contributed by atoms with Crippen LogP contribution in [0.1, 0.15) is 0 Å². The molecule has 0 saturated carbocycles. The van der Waals surface area contributed by atoms with Gasteiger partial charge in [-0.2, -0.15) is 0 Å². The molecule has 0 radical (unpaired) electrons. The van der Waals surface area contributed by atoms with E-state index in [2.05, 4.69) is 0 Å². The molecule has 0 atom stereocenters. The molecule has 19 heavy (non-hydrogen) atoms. The molecule has 0 bridgehead atoms. The average molecular weight is 490 g/mol. The van der Waals surface area contributed by atoms with Gasteiger partial charge in [0.25, 0.3) is 0 Å². The number of rotatable bonds is 0. The van der Waals surface area contributed by atoms with E-state index in [1.165, 1.54) is 29.5 Å². The van der Waals surface area contributed by atoms with E-state index in [0.29, 0.717) is 0 Å². The van der Waals surface area contributed by atoms with E-state index in [4.69, 9.17) is 66.4 Å². The molecule has 0 unspecified atom stereocenters. The Bertz CT molecular complexity index is 225. The molecule has 94 valence electrons. The van der Waals surface area contributed by atoms with Crippen LogP contribution >= 0.6 is 0 Å². The van der Waals surface area contributed by atoms with Gasteiger partial charge in [0.1, 0.15) is 0 Å². The first kappa shape index (κ1) is 44.5. The van der Waals surface area contributed by atoms with E-state index in [1.807, 2.05) is 0 Å². The van der Waals surface area contributed by atoms with Crippen molar-refractivity contribution >= 4 is 0 Å². The molecular weight excluding hydrogens is 490 g/mol. The summed E-state index contributed by atoms with van der Waals surface area (Å²) in [7, 11) is 0. The molecule has 0 aromatic carbocycles. The molecule has 0 saturated heterocycles. The minimum absolute atomic E-state index is 0. The third-order valence-electron chi connectivity index (χ3n) is 0. The molecule has 18 nitrogen and oxygen atoms in total. The van der Waals surface area contributed by atoms with Crippen LogP contribution < -0.4 is 0 Å². The minimum Gasteiger partial charge on any atom is -0.373 e. The zero-order valence-electron chi connectivity index (χ0n) is 8.55. The molecule has 0 rings (SSSR count). The van der Waals surface area contributed by atoms with Gasteiger partial charge in [0.15, 0.2) is 0 Å². The van der Waals surface area contributed by atoms with Gasteiger partial charge in [0.2, 0.25) is 0 Å². The Hall–Kier alpha value is -3.09. The first-order valence-corrected chi connectivity index (χ1v) is 2.40. The average Bonchev–Trinajstić information content (AvgIpc) is 2.23. The number of nitrogens with zero attached hydrogens (tertiary/aromatic N) is 18. The predicted octanol–water partition coefficient (Wildman–Crippen LogP) is 5.20. The minimum atomic E-state index is 0. The van der Waals surface area contributed by atoms with Crippen molar-refractivity contribution in [2.24, 2.45) is 0 Å². The summed E-state index contributed by atoms with van der Waals surface area (Å²) in [5.74, 6) is 0. The number of hydrogen-bond donors (Lipinski definition) is 0. The van der Waals surface area contributed by atoms with Crippen molar-refractivity contribution in [2.75, 3.05) is 0 Å². The monoisotopic (exact) mass is 490 g/mol. The van der Waals surface area contributed by atoms with Crippen LogP contribution in [0.2, 0.25) is 0 Å². The van der Waals surface area contributed by atoms with Gasteiger partial charge in [0.05, 0.1) is 0 Å². The molecule has 0 aromatic heterocycles. The third kappa shape index (κ3) is 261. The summed E-state index contributed by atoms with van der Waals surface area (Å²) in [4.78, 5) is 9.00. The molecule has 0 aliphatic rings. The van der Waals surface area contributed by atoms with Crippen molar-refractivity contribution in [3.05, 3.63) is 95.8 Å². The van der Waals surface area contributed by atoms with E-state index in [-0.39, 0.29) is 31.1 Å². The maximum atomic E-state index is 6.75. The molecule has 0 fully saturated rings. The van der Waals surface area contributed by atoms with Crippen molar-refractivity contribution in [1.82, 2.24) is 0 Å². The fourth-order valence-corrected chi connectivity index (χ4v) is 0. The summed E-state index contributed by atoms with van der Waals surface area (Å²) in [5.41, 5.74) is 81.0. The van der Waals surface area contributed by atoms with Crippen molar-refractivity contribution in [3.63, 3.8) is 0 Å². The first-order chi connectivity index (χ1) is 8.49. The van der Waals surface area contributed by atoms with Gasteiger partial charge in [-0.1, -0.05) is 0 Å². The number of hydrogen-bond acceptors (Lipinski definition) is 0. The van der Waals surface area contributed by atoms with Gasteiger partial charge in [-0.3, -0.25) is 29.5 Å². The second-order valence-electron chi connectivity index (χ2n) is 0.537. The second kappa shape index (κ2) is 340. The Kier molecular flexibility index (Phi) is 798. The van der Waals surface area contributed by atoms with Crippen LogP contribution in [0.4, 0.5) is 0 Å². The SMILES string of the molecule is [N-]=[N+]=[N-].[N-]=[N+]=[N-].[N-]=[N+]=[N-].[N-]=[N+]=[N-].[N-]=[N+]=[N-].[N-]=[N+]=[N-].[U+6]. The zero-order valence-corrected chi connectivity index (χ0v) is 12.7. The summed E-state index contributed by atoms with van der Waals surface area (Å²) >= 11 is 0. The molecule has 0 amide bonds. The Balaban J connectivity index is -0.0000000180. The van der Waals surface area contributed by atoms with Crippen molar-refractivity contribution in [3.8, 4) is 0 Å². The predicted molar refractivity (Wildman–Crippen MR) is 60.5 cm³/mol. The van der Waals surface area contributed by atoms with Crippen LogP contribution in [-0.4, -0.2) is 0 Å². The van der Waals surface area contributed by atoms with Crippen LogP contribution in [0.3, 0.4) is 0 Å². The summed E-state index contributed by atoms with van der Waals surface area (Å²) in [6, 6.07) is 0. The maximum absolute atomic E-state index is 6.75. The van der Waals surface area contributed by atoms with E-state index in [0.717, 1.165) is 0 Å². The van der Waals surface area contributed by atoms with Gasteiger partial charge in [-0.05, 0) is 0 Å². The van der Waals surface area contributed by atoms with Gasteiger partial charge in [0, 0.05) is 0 Å². The van der Waals surface area contributed by atoms with Crippen LogP contribution in [-0.2, 0) is 0 Å². The zero-order chi connectivity index (χ0) is 16.2. The Morgan fingerprint density at radius 1 is 0.263 bits per heavy atom. The Morgan fingerprint density at radius 3 is 0.263 bits per heavy atom. The largest absolute Gasteiger partial charge is 6.00 e. The topological polar surface area (TPSA) is 352 Å². The van der Waals surface area contributed by atoms with Crippen LogP contribution in [0.5, 0.6) is 0 Å². The fourth-order valence-electron chi connectivity index (χ4n) is 0. The van der Waals surface area contributed by atoms with Gasteiger partial charge in [-0.25, -0.2) is 0 Å². The molecule has 0 heterocycles.